The van der Waals surface area contributed by atoms with Gasteiger partial charge in [0.1, 0.15) is 17.9 Å². The van der Waals surface area contributed by atoms with Gasteiger partial charge in [0.25, 0.3) is 0 Å². The van der Waals surface area contributed by atoms with Crippen LogP contribution >= 0.6 is 0 Å². The number of ether oxygens (including phenoxy) is 2. The van der Waals surface area contributed by atoms with Crippen LogP contribution in [0.1, 0.15) is 99.6 Å². The molecule has 1 aromatic rings. The Morgan fingerprint density at radius 3 is 2.12 bits per heavy atom. The van der Waals surface area contributed by atoms with Gasteiger partial charge in [0.2, 0.25) is 0 Å². The van der Waals surface area contributed by atoms with Crippen LogP contribution < -0.4 is 0 Å². The minimum absolute atomic E-state index is 0.0878. The Hall–Kier alpha value is -1.39. The zero-order chi connectivity index (χ0) is 25.1. The average Bonchev–Trinajstić information content (AvgIpc) is 3.00. The lowest BCUT2D eigenvalue weighted by molar-refractivity contribution is -0.171. The topological polar surface area (TPSA) is 38.8 Å². The van der Waals surface area contributed by atoms with Gasteiger partial charge in [-0.15, -0.1) is 0 Å². The maximum absolute atomic E-state index is 13.5. The molecule has 4 nitrogen and oxygen atoms in total. The first-order valence-corrected chi connectivity index (χ1v) is 12.8. The van der Waals surface area contributed by atoms with Crippen LogP contribution in [0.3, 0.4) is 0 Å². The van der Waals surface area contributed by atoms with Crippen LogP contribution in [-0.2, 0) is 20.7 Å². The van der Waals surface area contributed by atoms with Gasteiger partial charge in [-0.05, 0) is 67.9 Å². The van der Waals surface area contributed by atoms with Gasteiger partial charge in [0.15, 0.2) is 0 Å². The van der Waals surface area contributed by atoms with Crippen molar-refractivity contribution in [3.05, 3.63) is 35.4 Å². The molecule has 4 heteroatoms. The van der Waals surface area contributed by atoms with Crippen molar-refractivity contribution in [1.29, 1.82) is 0 Å². The maximum Gasteiger partial charge on any atom is 0.324 e. The van der Waals surface area contributed by atoms with Crippen molar-refractivity contribution < 1.29 is 14.3 Å². The van der Waals surface area contributed by atoms with Gasteiger partial charge in [-0.2, -0.15) is 0 Å². The molecule has 4 atom stereocenters. The van der Waals surface area contributed by atoms with Crippen molar-refractivity contribution in [2.24, 2.45) is 17.3 Å². The van der Waals surface area contributed by atoms with Crippen LogP contribution in [0.2, 0.25) is 0 Å². The zero-order valence-electron chi connectivity index (χ0n) is 23.1. The minimum Gasteiger partial charge on any atom is -0.458 e. The lowest BCUT2D eigenvalue weighted by atomic mass is 9.83. The van der Waals surface area contributed by atoms with Gasteiger partial charge in [0, 0.05) is 6.54 Å². The van der Waals surface area contributed by atoms with Crippen LogP contribution in [0, 0.1) is 17.3 Å². The molecule has 1 aromatic carbocycles. The van der Waals surface area contributed by atoms with Crippen molar-refractivity contribution in [1.82, 2.24) is 4.90 Å². The second-order valence-corrected chi connectivity index (χ2v) is 12.7. The predicted octanol–water partition coefficient (Wildman–Crippen LogP) is 6.82. The van der Waals surface area contributed by atoms with Crippen LogP contribution in [-0.4, -0.2) is 41.4 Å². The molecule has 0 bridgehead atoms. The molecule has 1 saturated heterocycles. The van der Waals surface area contributed by atoms with E-state index < -0.39 is 5.60 Å². The van der Waals surface area contributed by atoms with Gasteiger partial charge in [-0.3, -0.25) is 9.69 Å². The summed E-state index contributed by atoms with van der Waals surface area (Å²) in [5.41, 5.74) is 2.25. The van der Waals surface area contributed by atoms with Crippen LogP contribution in [0.15, 0.2) is 24.3 Å². The standard InChI is InChI=1S/C29H49NO3/c1-19(2)24-14-12-23(13-15-24)16-21(5)26-30(17-22(6)32-26)25(20(3)4)27(31)33-29(10,11)18-28(7,8)9/h12-15,19-22,25-26H,16-18H2,1-11H3. The highest BCUT2D eigenvalue weighted by Crippen LogP contribution is 2.33. The number of hydrogen-bond donors (Lipinski definition) is 0. The van der Waals surface area contributed by atoms with E-state index in [1.165, 1.54) is 11.1 Å². The highest BCUT2D eigenvalue weighted by molar-refractivity contribution is 5.76. The van der Waals surface area contributed by atoms with Crippen molar-refractivity contribution >= 4 is 5.97 Å². The summed E-state index contributed by atoms with van der Waals surface area (Å²) in [6.07, 6.45) is 1.73. The molecule has 1 aliphatic rings. The number of rotatable bonds is 9. The van der Waals surface area contributed by atoms with Gasteiger partial charge in [0.05, 0.1) is 6.10 Å². The number of carbonyl (C=O) groups is 1. The smallest absolute Gasteiger partial charge is 0.324 e. The minimum atomic E-state index is -0.506. The molecule has 1 heterocycles. The molecule has 2 rings (SSSR count). The summed E-state index contributed by atoms with van der Waals surface area (Å²) in [7, 11) is 0. The lowest BCUT2D eigenvalue weighted by Crippen LogP contribution is -2.52. The van der Waals surface area contributed by atoms with Gasteiger partial charge < -0.3 is 9.47 Å². The molecular weight excluding hydrogens is 410 g/mol. The molecule has 0 saturated carbocycles. The monoisotopic (exact) mass is 459 g/mol. The highest BCUT2D eigenvalue weighted by atomic mass is 16.6. The van der Waals surface area contributed by atoms with E-state index >= 15 is 0 Å². The summed E-state index contributed by atoms with van der Waals surface area (Å²) >= 11 is 0. The Balaban J connectivity index is 2.18. The first kappa shape index (κ1) is 27.9. The largest absolute Gasteiger partial charge is 0.458 e. The second kappa shape index (κ2) is 10.9. The number of carbonyl (C=O) groups excluding carboxylic acids is 1. The van der Waals surface area contributed by atoms with E-state index in [1.54, 1.807) is 0 Å². The summed E-state index contributed by atoms with van der Waals surface area (Å²) in [4.78, 5) is 15.8. The normalized spacial score (nSPS) is 22.1. The number of nitrogens with zero attached hydrogens (tertiary/aromatic N) is 1. The van der Waals surface area contributed by atoms with Crippen molar-refractivity contribution in [2.45, 2.75) is 119 Å². The number of benzene rings is 1. The maximum atomic E-state index is 13.5. The van der Waals surface area contributed by atoms with E-state index in [9.17, 15) is 4.79 Å². The molecule has 1 aliphatic heterocycles. The van der Waals surface area contributed by atoms with E-state index in [1.807, 2.05) is 13.8 Å². The zero-order valence-corrected chi connectivity index (χ0v) is 23.1. The molecule has 0 aromatic heterocycles. The number of esters is 1. The van der Waals surface area contributed by atoms with E-state index in [0.717, 1.165) is 19.4 Å². The SMILES string of the molecule is CC1CN(C(C(=O)OC(C)(C)CC(C)(C)C)C(C)C)C(C(C)Cc2ccc(C(C)C)cc2)O1. The third kappa shape index (κ3) is 8.10. The fourth-order valence-corrected chi connectivity index (χ4v) is 5.44. The fourth-order valence-electron chi connectivity index (χ4n) is 5.44. The molecule has 0 amide bonds. The van der Waals surface area contributed by atoms with E-state index in [4.69, 9.17) is 9.47 Å². The fraction of sp³-hybridized carbons (Fsp3) is 0.759. The Bertz CT molecular complexity index is 760. The summed E-state index contributed by atoms with van der Waals surface area (Å²) in [6, 6.07) is 8.61. The Morgan fingerprint density at radius 2 is 1.64 bits per heavy atom. The molecule has 0 spiro atoms. The van der Waals surface area contributed by atoms with Crippen molar-refractivity contribution in [3.63, 3.8) is 0 Å². The van der Waals surface area contributed by atoms with Crippen LogP contribution in [0.5, 0.6) is 0 Å². The Labute approximate surface area is 203 Å². The molecule has 188 valence electrons. The molecule has 0 radical (unpaired) electrons. The molecule has 1 fully saturated rings. The first-order chi connectivity index (χ1) is 15.1. The molecule has 0 aliphatic carbocycles. The summed E-state index contributed by atoms with van der Waals surface area (Å²) in [5, 5.41) is 0. The molecule has 0 N–H and O–H groups in total. The Morgan fingerprint density at radius 1 is 1.06 bits per heavy atom. The lowest BCUT2D eigenvalue weighted by Gasteiger charge is -2.38. The first-order valence-electron chi connectivity index (χ1n) is 12.8. The number of hydrogen-bond acceptors (Lipinski definition) is 4. The predicted molar refractivity (Wildman–Crippen MR) is 137 cm³/mol. The van der Waals surface area contributed by atoms with Gasteiger partial charge >= 0.3 is 5.97 Å². The van der Waals surface area contributed by atoms with Crippen LogP contribution in [0.4, 0.5) is 0 Å². The molecule has 33 heavy (non-hydrogen) atoms. The Kier molecular flexibility index (Phi) is 9.20. The summed E-state index contributed by atoms with van der Waals surface area (Å²) < 4.78 is 12.5. The molecule has 4 unspecified atom stereocenters. The third-order valence-corrected chi connectivity index (χ3v) is 6.42. The van der Waals surface area contributed by atoms with Gasteiger partial charge in [-0.25, -0.2) is 0 Å². The van der Waals surface area contributed by atoms with Crippen LogP contribution in [0.25, 0.3) is 0 Å². The van der Waals surface area contributed by atoms with E-state index in [-0.39, 0.29) is 41.6 Å². The average molecular weight is 460 g/mol. The van der Waals surface area contributed by atoms with Crippen molar-refractivity contribution in [3.8, 4) is 0 Å². The quantitative estimate of drug-likeness (QED) is 0.380. The van der Waals surface area contributed by atoms with Gasteiger partial charge in [-0.1, -0.05) is 79.7 Å². The highest BCUT2D eigenvalue weighted by Gasteiger charge is 2.44. The van der Waals surface area contributed by atoms with E-state index in [0.29, 0.717) is 5.92 Å². The second-order valence-electron chi connectivity index (χ2n) is 12.7. The third-order valence-electron chi connectivity index (χ3n) is 6.42. The molecular formula is C29H49NO3. The summed E-state index contributed by atoms with van der Waals surface area (Å²) in [6.45, 7) is 24.3. The summed E-state index contributed by atoms with van der Waals surface area (Å²) in [5.74, 6) is 0.801. The van der Waals surface area contributed by atoms with E-state index in [2.05, 4.69) is 91.5 Å². The van der Waals surface area contributed by atoms with Crippen molar-refractivity contribution in [2.75, 3.05) is 6.54 Å².